The van der Waals surface area contributed by atoms with E-state index in [4.69, 9.17) is 9.47 Å². The van der Waals surface area contributed by atoms with Crippen molar-refractivity contribution in [3.63, 3.8) is 0 Å². The first-order valence-electron chi connectivity index (χ1n) is 5.52. The molecule has 0 aliphatic rings. The van der Waals surface area contributed by atoms with Gasteiger partial charge in [0.15, 0.2) is 0 Å². The quantitative estimate of drug-likeness (QED) is 0.583. The molecule has 0 aromatic rings. The monoisotopic (exact) mass is 216 g/mol. The molecule has 0 bridgehead atoms. The number of hydrogen-bond donors (Lipinski definition) is 0. The van der Waals surface area contributed by atoms with E-state index in [9.17, 15) is 9.59 Å². The van der Waals surface area contributed by atoms with Crippen LogP contribution in [0.1, 0.15) is 46.0 Å². The van der Waals surface area contributed by atoms with E-state index < -0.39 is 0 Å². The van der Waals surface area contributed by atoms with Crippen LogP contribution >= 0.6 is 0 Å². The van der Waals surface area contributed by atoms with E-state index in [0.29, 0.717) is 32.5 Å². The van der Waals surface area contributed by atoms with Crippen LogP contribution in [-0.2, 0) is 19.1 Å². The Bertz CT molecular complexity index is 169. The maximum Gasteiger partial charge on any atom is 0.305 e. The number of hydrogen-bond acceptors (Lipinski definition) is 4. The van der Waals surface area contributed by atoms with Gasteiger partial charge in [0.1, 0.15) is 0 Å². The van der Waals surface area contributed by atoms with Gasteiger partial charge in [0.2, 0.25) is 0 Å². The van der Waals surface area contributed by atoms with Gasteiger partial charge in [-0.05, 0) is 19.3 Å². The van der Waals surface area contributed by atoms with Crippen molar-refractivity contribution in [2.24, 2.45) is 0 Å². The third-order valence-electron chi connectivity index (χ3n) is 1.70. The van der Waals surface area contributed by atoms with Gasteiger partial charge in [-0.25, -0.2) is 0 Å². The molecular formula is C11H20O4. The van der Waals surface area contributed by atoms with E-state index in [1.54, 1.807) is 0 Å². The zero-order valence-corrected chi connectivity index (χ0v) is 9.58. The molecule has 4 nitrogen and oxygen atoms in total. The number of carbonyl (C=O) groups is 2. The molecule has 0 aromatic carbocycles. The molecule has 0 aliphatic heterocycles. The zero-order valence-electron chi connectivity index (χ0n) is 9.58. The second-order valence-corrected chi connectivity index (χ2v) is 3.29. The fourth-order valence-electron chi connectivity index (χ4n) is 0.953. The Morgan fingerprint density at radius 1 is 0.867 bits per heavy atom. The first-order valence-corrected chi connectivity index (χ1v) is 5.52. The Labute approximate surface area is 90.9 Å². The minimum atomic E-state index is -0.236. The maximum atomic E-state index is 11.0. The van der Waals surface area contributed by atoms with Crippen LogP contribution in [0.5, 0.6) is 0 Å². The molecule has 0 rings (SSSR count). The van der Waals surface area contributed by atoms with E-state index in [-0.39, 0.29) is 11.9 Å². The highest BCUT2D eigenvalue weighted by molar-refractivity contribution is 5.72. The highest BCUT2D eigenvalue weighted by atomic mass is 16.5. The van der Waals surface area contributed by atoms with Crippen molar-refractivity contribution in [2.75, 3.05) is 13.2 Å². The average molecular weight is 216 g/mol. The standard InChI is InChI=1S/C11H20O4/c1-3-8-14-10(12)6-5-7-11(13)15-9-4-2/h3-9H2,1-2H3. The third-order valence-corrected chi connectivity index (χ3v) is 1.70. The second kappa shape index (κ2) is 9.49. The molecule has 0 atom stereocenters. The summed E-state index contributed by atoms with van der Waals surface area (Å²) in [6.45, 7) is 4.79. The van der Waals surface area contributed by atoms with Crippen molar-refractivity contribution >= 4 is 11.9 Å². The molecule has 0 saturated heterocycles. The second-order valence-electron chi connectivity index (χ2n) is 3.29. The van der Waals surface area contributed by atoms with Gasteiger partial charge >= 0.3 is 11.9 Å². The number of ether oxygens (including phenoxy) is 2. The van der Waals surface area contributed by atoms with Crippen LogP contribution in [0.4, 0.5) is 0 Å². The molecule has 0 unspecified atom stereocenters. The molecule has 15 heavy (non-hydrogen) atoms. The lowest BCUT2D eigenvalue weighted by atomic mass is 10.2. The van der Waals surface area contributed by atoms with E-state index in [0.717, 1.165) is 12.8 Å². The van der Waals surface area contributed by atoms with Crippen LogP contribution < -0.4 is 0 Å². The third kappa shape index (κ3) is 9.25. The van der Waals surface area contributed by atoms with Crippen molar-refractivity contribution in [1.82, 2.24) is 0 Å². The maximum absolute atomic E-state index is 11.0. The summed E-state index contributed by atoms with van der Waals surface area (Å²) in [6.07, 6.45) is 2.74. The topological polar surface area (TPSA) is 52.6 Å². The largest absolute Gasteiger partial charge is 0.466 e. The fraction of sp³-hybridized carbons (Fsp3) is 0.818. The molecule has 0 amide bonds. The normalized spacial score (nSPS) is 9.73. The van der Waals surface area contributed by atoms with Crippen molar-refractivity contribution in [1.29, 1.82) is 0 Å². The highest BCUT2D eigenvalue weighted by Crippen LogP contribution is 2.00. The van der Waals surface area contributed by atoms with Gasteiger partial charge < -0.3 is 9.47 Å². The Morgan fingerprint density at radius 3 is 1.60 bits per heavy atom. The van der Waals surface area contributed by atoms with Gasteiger partial charge in [-0.2, -0.15) is 0 Å². The minimum Gasteiger partial charge on any atom is -0.466 e. The van der Waals surface area contributed by atoms with Crippen molar-refractivity contribution in [3.05, 3.63) is 0 Å². The van der Waals surface area contributed by atoms with Crippen LogP contribution in [0, 0.1) is 0 Å². The molecule has 88 valence electrons. The molecule has 0 radical (unpaired) electrons. The molecule has 0 saturated carbocycles. The summed E-state index contributed by atoms with van der Waals surface area (Å²) < 4.78 is 9.73. The lowest BCUT2D eigenvalue weighted by Gasteiger charge is -2.03. The molecular weight excluding hydrogens is 196 g/mol. The lowest BCUT2D eigenvalue weighted by molar-refractivity contribution is -0.145. The smallest absolute Gasteiger partial charge is 0.305 e. The fourth-order valence-corrected chi connectivity index (χ4v) is 0.953. The zero-order chi connectivity index (χ0) is 11.5. The van der Waals surface area contributed by atoms with Crippen LogP contribution in [0.15, 0.2) is 0 Å². The lowest BCUT2D eigenvalue weighted by Crippen LogP contribution is -2.08. The number of rotatable bonds is 8. The predicted molar refractivity (Wildman–Crippen MR) is 56.4 cm³/mol. The molecule has 4 heteroatoms. The Balaban J connectivity index is 3.36. The van der Waals surface area contributed by atoms with Gasteiger partial charge in [-0.15, -0.1) is 0 Å². The van der Waals surface area contributed by atoms with Gasteiger partial charge in [0, 0.05) is 12.8 Å². The Kier molecular flexibility index (Phi) is 8.82. The summed E-state index contributed by atoms with van der Waals surface area (Å²) in [5, 5.41) is 0. The van der Waals surface area contributed by atoms with E-state index in [2.05, 4.69) is 0 Å². The summed E-state index contributed by atoms with van der Waals surface area (Å²) in [6, 6.07) is 0. The average Bonchev–Trinajstić information content (AvgIpc) is 2.23. The van der Waals surface area contributed by atoms with E-state index in [1.807, 2.05) is 13.8 Å². The number of carbonyl (C=O) groups excluding carboxylic acids is 2. The first-order chi connectivity index (χ1) is 7.20. The van der Waals surface area contributed by atoms with Crippen LogP contribution in [0.25, 0.3) is 0 Å². The molecule has 0 spiro atoms. The van der Waals surface area contributed by atoms with Gasteiger partial charge in [-0.1, -0.05) is 13.8 Å². The molecule has 0 aromatic heterocycles. The van der Waals surface area contributed by atoms with Gasteiger partial charge in [0.05, 0.1) is 13.2 Å². The SMILES string of the molecule is CCCOC(=O)CCCC(=O)OCCC. The summed E-state index contributed by atoms with van der Waals surface area (Å²) in [5.74, 6) is -0.472. The Hall–Kier alpha value is -1.06. The number of esters is 2. The summed E-state index contributed by atoms with van der Waals surface area (Å²) >= 11 is 0. The van der Waals surface area contributed by atoms with Crippen molar-refractivity contribution < 1.29 is 19.1 Å². The van der Waals surface area contributed by atoms with Crippen molar-refractivity contribution in [3.8, 4) is 0 Å². The summed E-state index contributed by atoms with van der Waals surface area (Å²) in [7, 11) is 0. The van der Waals surface area contributed by atoms with Crippen LogP contribution in [0.3, 0.4) is 0 Å². The molecule has 0 heterocycles. The highest BCUT2D eigenvalue weighted by Gasteiger charge is 2.06. The van der Waals surface area contributed by atoms with Gasteiger partial charge in [0.25, 0.3) is 0 Å². The van der Waals surface area contributed by atoms with E-state index >= 15 is 0 Å². The summed E-state index contributed by atoms with van der Waals surface area (Å²) in [5.41, 5.74) is 0. The van der Waals surface area contributed by atoms with Gasteiger partial charge in [-0.3, -0.25) is 9.59 Å². The Morgan fingerprint density at radius 2 is 1.27 bits per heavy atom. The minimum absolute atomic E-state index is 0.236. The summed E-state index contributed by atoms with van der Waals surface area (Å²) in [4.78, 5) is 22.0. The molecule has 0 aliphatic carbocycles. The van der Waals surface area contributed by atoms with Crippen LogP contribution in [-0.4, -0.2) is 25.2 Å². The van der Waals surface area contributed by atoms with E-state index in [1.165, 1.54) is 0 Å². The first kappa shape index (κ1) is 13.9. The van der Waals surface area contributed by atoms with Crippen molar-refractivity contribution in [2.45, 2.75) is 46.0 Å². The predicted octanol–water partition coefficient (Wildman–Crippen LogP) is 2.06. The molecule has 0 fully saturated rings. The van der Waals surface area contributed by atoms with Crippen LogP contribution in [0.2, 0.25) is 0 Å². The molecule has 0 N–H and O–H groups in total.